The lowest BCUT2D eigenvalue weighted by atomic mass is 9.89. The Morgan fingerprint density at radius 1 is 1.00 bits per heavy atom. The molecule has 0 radical (unpaired) electrons. The Morgan fingerprint density at radius 3 is 2.12 bits per heavy atom. The molecule has 1 aromatic rings. The Bertz CT molecular complexity index is 606. The molecule has 7 heteroatoms. The van der Waals surface area contributed by atoms with Crippen LogP contribution in [0.25, 0.3) is 0 Å². The molecular formula is C17H22BrN3O3. The average Bonchev–Trinajstić information content (AvgIpc) is 2.62. The number of nitrogens with zero attached hydrogens (tertiary/aromatic N) is 2. The fraction of sp³-hybridized carbons (Fsp3) is 0.529. The minimum absolute atomic E-state index is 0.00290. The first-order chi connectivity index (χ1) is 11.5. The van der Waals surface area contributed by atoms with Crippen molar-refractivity contribution < 1.29 is 14.3 Å². The van der Waals surface area contributed by atoms with Crippen molar-refractivity contribution >= 4 is 27.7 Å². The van der Waals surface area contributed by atoms with E-state index in [1.54, 1.807) is 21.9 Å². The van der Waals surface area contributed by atoms with Crippen LogP contribution in [0.15, 0.2) is 28.7 Å². The zero-order valence-electron chi connectivity index (χ0n) is 13.5. The lowest BCUT2D eigenvalue weighted by Crippen LogP contribution is -2.61. The van der Waals surface area contributed by atoms with Crippen LogP contribution >= 0.6 is 15.9 Å². The van der Waals surface area contributed by atoms with E-state index in [2.05, 4.69) is 15.9 Å². The molecule has 2 amide bonds. The van der Waals surface area contributed by atoms with Crippen LogP contribution in [0, 0.1) is 0 Å². The Morgan fingerprint density at radius 2 is 1.54 bits per heavy atom. The lowest BCUT2D eigenvalue weighted by Gasteiger charge is -2.40. The maximum atomic E-state index is 12.7. The number of halogens is 1. The lowest BCUT2D eigenvalue weighted by molar-refractivity contribution is -0.142. The van der Waals surface area contributed by atoms with Crippen molar-refractivity contribution in [3.63, 3.8) is 0 Å². The van der Waals surface area contributed by atoms with Crippen molar-refractivity contribution in [2.45, 2.75) is 18.4 Å². The van der Waals surface area contributed by atoms with Gasteiger partial charge in [0.15, 0.2) is 0 Å². The van der Waals surface area contributed by atoms with E-state index in [1.165, 1.54) is 0 Å². The SMILES string of the molecule is NC1(C(=O)N2CCN(C(=O)c3ccc(Br)cc3)CC2)CCOCC1. The number of hydrogen-bond acceptors (Lipinski definition) is 4. The van der Waals surface area contributed by atoms with Gasteiger partial charge in [0.2, 0.25) is 5.91 Å². The smallest absolute Gasteiger partial charge is 0.253 e. The van der Waals surface area contributed by atoms with Crippen LogP contribution in [0.3, 0.4) is 0 Å². The van der Waals surface area contributed by atoms with Crippen molar-refractivity contribution in [3.05, 3.63) is 34.3 Å². The molecule has 2 saturated heterocycles. The largest absolute Gasteiger partial charge is 0.381 e. The molecule has 0 spiro atoms. The first-order valence-corrected chi connectivity index (χ1v) is 9.00. The van der Waals surface area contributed by atoms with Gasteiger partial charge < -0.3 is 20.3 Å². The van der Waals surface area contributed by atoms with Gasteiger partial charge in [0, 0.05) is 49.4 Å². The molecule has 6 nitrogen and oxygen atoms in total. The Balaban J connectivity index is 1.58. The van der Waals surface area contributed by atoms with E-state index < -0.39 is 5.54 Å². The number of piperazine rings is 1. The molecule has 2 heterocycles. The number of benzene rings is 1. The summed E-state index contributed by atoms with van der Waals surface area (Å²) in [4.78, 5) is 28.8. The highest BCUT2D eigenvalue weighted by molar-refractivity contribution is 9.10. The maximum absolute atomic E-state index is 12.7. The van der Waals surface area contributed by atoms with E-state index in [-0.39, 0.29) is 11.8 Å². The normalized spacial score (nSPS) is 20.8. The third-order valence-corrected chi connectivity index (χ3v) is 5.28. The molecule has 0 aliphatic carbocycles. The molecule has 0 unspecified atom stereocenters. The molecule has 0 aromatic heterocycles. The molecule has 2 aliphatic rings. The number of nitrogens with two attached hydrogens (primary N) is 1. The summed E-state index contributed by atoms with van der Waals surface area (Å²) in [6.45, 7) is 3.19. The average molecular weight is 396 g/mol. The minimum Gasteiger partial charge on any atom is -0.381 e. The van der Waals surface area contributed by atoms with Gasteiger partial charge in [-0.2, -0.15) is 0 Å². The van der Waals surface area contributed by atoms with E-state index in [9.17, 15) is 9.59 Å². The van der Waals surface area contributed by atoms with E-state index >= 15 is 0 Å². The summed E-state index contributed by atoms with van der Waals surface area (Å²) in [6, 6.07) is 7.33. The second kappa shape index (κ2) is 7.21. The first kappa shape index (κ1) is 17.4. The predicted molar refractivity (Wildman–Crippen MR) is 93.6 cm³/mol. The van der Waals surface area contributed by atoms with Crippen molar-refractivity contribution in [1.82, 2.24) is 9.80 Å². The number of hydrogen-bond donors (Lipinski definition) is 1. The number of carbonyl (C=O) groups is 2. The number of carbonyl (C=O) groups excluding carboxylic acids is 2. The van der Waals surface area contributed by atoms with Crippen molar-refractivity contribution in [2.75, 3.05) is 39.4 Å². The highest BCUT2D eigenvalue weighted by Gasteiger charge is 2.40. The molecule has 2 N–H and O–H groups in total. The summed E-state index contributed by atoms with van der Waals surface area (Å²) in [6.07, 6.45) is 1.12. The van der Waals surface area contributed by atoms with Gasteiger partial charge in [-0.3, -0.25) is 9.59 Å². The van der Waals surface area contributed by atoms with Gasteiger partial charge in [0.25, 0.3) is 5.91 Å². The molecule has 0 atom stereocenters. The van der Waals surface area contributed by atoms with Crippen LogP contribution < -0.4 is 5.73 Å². The second-order valence-corrected chi connectivity index (χ2v) is 7.28. The standard InChI is InChI=1S/C17H22BrN3O3/c18-14-3-1-13(2-4-14)15(22)20-7-9-21(10-8-20)16(23)17(19)5-11-24-12-6-17/h1-4H,5-12,19H2. The molecule has 3 rings (SSSR count). The fourth-order valence-electron chi connectivity index (χ4n) is 3.15. The quantitative estimate of drug-likeness (QED) is 0.817. The molecule has 0 saturated carbocycles. The second-order valence-electron chi connectivity index (χ2n) is 6.36. The van der Waals surface area contributed by atoms with Crippen molar-refractivity contribution in [2.24, 2.45) is 5.73 Å². The summed E-state index contributed by atoms with van der Waals surface area (Å²) >= 11 is 3.37. The summed E-state index contributed by atoms with van der Waals surface area (Å²) in [7, 11) is 0. The van der Waals surface area contributed by atoms with Gasteiger partial charge in [-0.15, -0.1) is 0 Å². The first-order valence-electron chi connectivity index (χ1n) is 8.20. The van der Waals surface area contributed by atoms with Crippen molar-refractivity contribution in [1.29, 1.82) is 0 Å². The summed E-state index contributed by atoms with van der Waals surface area (Å²) in [5, 5.41) is 0. The molecule has 24 heavy (non-hydrogen) atoms. The van der Waals surface area contributed by atoms with Crippen LogP contribution in [0.4, 0.5) is 0 Å². The fourth-order valence-corrected chi connectivity index (χ4v) is 3.42. The molecule has 130 valence electrons. The van der Waals surface area contributed by atoms with Crippen LogP contribution in [0.5, 0.6) is 0 Å². The zero-order valence-corrected chi connectivity index (χ0v) is 15.1. The maximum Gasteiger partial charge on any atom is 0.253 e. The predicted octanol–water partition coefficient (Wildman–Crippen LogP) is 1.24. The Kier molecular flexibility index (Phi) is 5.22. The third-order valence-electron chi connectivity index (χ3n) is 4.76. The Labute approximate surface area is 150 Å². The molecule has 0 bridgehead atoms. The summed E-state index contributed by atoms with van der Waals surface area (Å²) in [5.74, 6) is -0.00957. The number of amides is 2. The minimum atomic E-state index is -0.809. The van der Waals surface area contributed by atoms with Gasteiger partial charge in [-0.25, -0.2) is 0 Å². The number of rotatable bonds is 2. The van der Waals surface area contributed by atoms with E-state index in [4.69, 9.17) is 10.5 Å². The Hall–Kier alpha value is -1.44. The van der Waals surface area contributed by atoms with E-state index in [1.807, 2.05) is 12.1 Å². The molecular weight excluding hydrogens is 374 g/mol. The van der Waals surface area contributed by atoms with E-state index in [0.29, 0.717) is 57.8 Å². The zero-order chi connectivity index (χ0) is 17.2. The highest BCUT2D eigenvalue weighted by atomic mass is 79.9. The van der Waals surface area contributed by atoms with Crippen LogP contribution in [-0.4, -0.2) is 66.5 Å². The number of ether oxygens (including phenoxy) is 1. The molecule has 1 aromatic carbocycles. The summed E-state index contributed by atoms with van der Waals surface area (Å²) < 4.78 is 6.25. The van der Waals surface area contributed by atoms with E-state index in [0.717, 1.165) is 4.47 Å². The van der Waals surface area contributed by atoms with Gasteiger partial charge in [-0.05, 0) is 37.1 Å². The van der Waals surface area contributed by atoms with Crippen LogP contribution in [0.1, 0.15) is 23.2 Å². The molecule has 2 aliphatic heterocycles. The summed E-state index contributed by atoms with van der Waals surface area (Å²) in [5.41, 5.74) is 6.13. The molecule has 2 fully saturated rings. The van der Waals surface area contributed by atoms with Crippen LogP contribution in [0.2, 0.25) is 0 Å². The van der Waals surface area contributed by atoms with Gasteiger partial charge in [0.1, 0.15) is 0 Å². The van der Waals surface area contributed by atoms with Gasteiger partial charge >= 0.3 is 0 Å². The van der Waals surface area contributed by atoms with Crippen LogP contribution in [-0.2, 0) is 9.53 Å². The van der Waals surface area contributed by atoms with Gasteiger partial charge in [-0.1, -0.05) is 15.9 Å². The topological polar surface area (TPSA) is 75.9 Å². The highest BCUT2D eigenvalue weighted by Crippen LogP contribution is 2.22. The van der Waals surface area contributed by atoms with Gasteiger partial charge in [0.05, 0.1) is 5.54 Å². The third kappa shape index (κ3) is 3.63. The van der Waals surface area contributed by atoms with Crippen molar-refractivity contribution in [3.8, 4) is 0 Å². The monoisotopic (exact) mass is 395 g/mol.